The maximum Gasteiger partial charge on any atom is 0.334 e. The van der Waals surface area contributed by atoms with Gasteiger partial charge in [0.1, 0.15) is 5.82 Å². The number of halogens is 1. The van der Waals surface area contributed by atoms with E-state index in [1.807, 2.05) is 0 Å². The summed E-state index contributed by atoms with van der Waals surface area (Å²) < 4.78 is 13.3. The van der Waals surface area contributed by atoms with Crippen LogP contribution < -0.4 is 0 Å². The Balaban J connectivity index is 2.16. The van der Waals surface area contributed by atoms with Crippen LogP contribution in [0.25, 0.3) is 0 Å². The molecular weight excluding hydrogens is 261 g/mol. The SMILES string of the molecule is CC(=O)N(C1CC1)C1(C(=O)O)CCc2cc(F)ccc21. The highest BCUT2D eigenvalue weighted by atomic mass is 19.1. The monoisotopic (exact) mass is 277 g/mol. The van der Waals surface area contributed by atoms with E-state index in [1.54, 1.807) is 0 Å². The number of carbonyl (C=O) groups excluding carboxylic acids is 1. The predicted molar refractivity (Wildman–Crippen MR) is 69.6 cm³/mol. The molecule has 0 heterocycles. The van der Waals surface area contributed by atoms with Crippen LogP contribution in [0.5, 0.6) is 0 Å². The average molecular weight is 277 g/mol. The van der Waals surface area contributed by atoms with Crippen LogP contribution in [0, 0.1) is 5.82 Å². The van der Waals surface area contributed by atoms with Gasteiger partial charge in [0.15, 0.2) is 5.54 Å². The minimum atomic E-state index is -1.32. The van der Waals surface area contributed by atoms with Gasteiger partial charge in [0.05, 0.1) is 0 Å². The molecule has 1 fully saturated rings. The number of fused-ring (bicyclic) bond motifs is 1. The first kappa shape index (κ1) is 13.1. The fraction of sp³-hybridized carbons (Fsp3) is 0.467. The molecule has 0 bridgehead atoms. The molecule has 5 heteroatoms. The molecule has 2 aliphatic carbocycles. The molecule has 0 aliphatic heterocycles. The Kier molecular flexibility index (Phi) is 2.81. The first-order chi connectivity index (χ1) is 9.46. The molecule has 1 unspecified atom stereocenters. The second-order valence-electron chi connectivity index (χ2n) is 5.59. The van der Waals surface area contributed by atoms with E-state index in [4.69, 9.17) is 0 Å². The summed E-state index contributed by atoms with van der Waals surface area (Å²) in [6.45, 7) is 1.41. The predicted octanol–water partition coefficient (Wildman–Crippen LogP) is 2.06. The molecule has 1 N–H and O–H groups in total. The van der Waals surface area contributed by atoms with Gasteiger partial charge in [0.2, 0.25) is 5.91 Å². The lowest BCUT2D eigenvalue weighted by atomic mass is 9.89. The number of nitrogens with zero attached hydrogens (tertiary/aromatic N) is 1. The third-order valence-electron chi connectivity index (χ3n) is 4.29. The highest BCUT2D eigenvalue weighted by molar-refractivity contribution is 5.89. The maximum atomic E-state index is 13.3. The number of amides is 1. The van der Waals surface area contributed by atoms with Crippen molar-refractivity contribution in [3.8, 4) is 0 Å². The van der Waals surface area contributed by atoms with Gasteiger partial charge in [-0.3, -0.25) is 4.79 Å². The molecule has 4 nitrogen and oxygen atoms in total. The van der Waals surface area contributed by atoms with E-state index in [9.17, 15) is 19.1 Å². The summed E-state index contributed by atoms with van der Waals surface area (Å²) in [4.78, 5) is 25.4. The number of hydrogen-bond acceptors (Lipinski definition) is 2. The summed E-state index contributed by atoms with van der Waals surface area (Å²) >= 11 is 0. The number of carbonyl (C=O) groups is 2. The molecule has 2 aliphatic rings. The molecule has 0 aromatic heterocycles. The molecule has 106 valence electrons. The van der Waals surface area contributed by atoms with Crippen molar-refractivity contribution in [1.29, 1.82) is 0 Å². The van der Waals surface area contributed by atoms with Gasteiger partial charge in [-0.15, -0.1) is 0 Å². The number of rotatable bonds is 3. The van der Waals surface area contributed by atoms with E-state index in [-0.39, 0.29) is 17.8 Å². The topological polar surface area (TPSA) is 57.6 Å². The van der Waals surface area contributed by atoms with Crippen LogP contribution in [0.1, 0.15) is 37.3 Å². The fourth-order valence-corrected chi connectivity index (χ4v) is 3.37. The lowest BCUT2D eigenvalue weighted by Crippen LogP contribution is -2.53. The largest absolute Gasteiger partial charge is 0.479 e. The minimum Gasteiger partial charge on any atom is -0.479 e. The molecular formula is C15H16FNO3. The van der Waals surface area contributed by atoms with E-state index < -0.39 is 11.5 Å². The summed E-state index contributed by atoms with van der Waals surface area (Å²) in [5.74, 6) is -1.62. The van der Waals surface area contributed by atoms with Crippen molar-refractivity contribution in [2.45, 2.75) is 44.2 Å². The van der Waals surface area contributed by atoms with Crippen LogP contribution in [0.4, 0.5) is 4.39 Å². The molecule has 3 rings (SSSR count). The average Bonchev–Trinajstić information content (AvgIpc) is 3.11. The van der Waals surface area contributed by atoms with Crippen LogP contribution in [0.3, 0.4) is 0 Å². The number of aryl methyl sites for hydroxylation is 1. The maximum absolute atomic E-state index is 13.3. The molecule has 0 saturated heterocycles. The van der Waals surface area contributed by atoms with Gasteiger partial charge in [-0.2, -0.15) is 0 Å². The Morgan fingerprint density at radius 3 is 2.65 bits per heavy atom. The molecule has 1 aromatic rings. The summed E-state index contributed by atoms with van der Waals surface area (Å²) in [5.41, 5.74) is -0.0662. The molecule has 1 amide bonds. The first-order valence-corrected chi connectivity index (χ1v) is 6.79. The van der Waals surface area contributed by atoms with Crippen molar-refractivity contribution in [3.63, 3.8) is 0 Å². The highest BCUT2D eigenvalue weighted by Gasteiger charge is 2.55. The molecule has 20 heavy (non-hydrogen) atoms. The van der Waals surface area contributed by atoms with E-state index in [1.165, 1.54) is 30.0 Å². The number of benzene rings is 1. The van der Waals surface area contributed by atoms with Gasteiger partial charge in [-0.05, 0) is 48.9 Å². The van der Waals surface area contributed by atoms with Crippen LogP contribution in [0.2, 0.25) is 0 Å². The number of aliphatic carboxylic acids is 1. The Morgan fingerprint density at radius 2 is 2.10 bits per heavy atom. The first-order valence-electron chi connectivity index (χ1n) is 6.79. The van der Waals surface area contributed by atoms with Crippen LogP contribution >= 0.6 is 0 Å². The highest BCUT2D eigenvalue weighted by Crippen LogP contribution is 2.47. The zero-order valence-electron chi connectivity index (χ0n) is 11.2. The zero-order chi connectivity index (χ0) is 14.5. The van der Waals surface area contributed by atoms with E-state index >= 15 is 0 Å². The quantitative estimate of drug-likeness (QED) is 0.920. The Hall–Kier alpha value is -1.91. The summed E-state index contributed by atoms with van der Waals surface area (Å²) in [6, 6.07) is 4.17. The third-order valence-corrected chi connectivity index (χ3v) is 4.29. The van der Waals surface area contributed by atoms with Gasteiger partial charge >= 0.3 is 5.97 Å². The molecule has 1 atom stereocenters. The van der Waals surface area contributed by atoms with Crippen molar-refractivity contribution in [1.82, 2.24) is 4.90 Å². The third kappa shape index (κ3) is 1.72. The fourth-order valence-electron chi connectivity index (χ4n) is 3.37. The smallest absolute Gasteiger partial charge is 0.334 e. The van der Waals surface area contributed by atoms with Crippen LogP contribution in [-0.2, 0) is 21.5 Å². The van der Waals surface area contributed by atoms with E-state index in [0.29, 0.717) is 24.0 Å². The van der Waals surface area contributed by atoms with Gasteiger partial charge in [-0.1, -0.05) is 6.07 Å². The normalized spacial score (nSPS) is 24.3. The van der Waals surface area contributed by atoms with Gasteiger partial charge in [-0.25, -0.2) is 9.18 Å². The number of carboxylic acid groups (broad SMARTS) is 1. The molecule has 1 saturated carbocycles. The zero-order valence-corrected chi connectivity index (χ0v) is 11.2. The van der Waals surface area contributed by atoms with Crippen molar-refractivity contribution in [2.75, 3.05) is 0 Å². The Morgan fingerprint density at radius 1 is 1.40 bits per heavy atom. The van der Waals surface area contributed by atoms with Crippen molar-refractivity contribution < 1.29 is 19.1 Å². The van der Waals surface area contributed by atoms with Gasteiger partial charge in [0, 0.05) is 13.0 Å². The van der Waals surface area contributed by atoms with Crippen molar-refractivity contribution in [2.24, 2.45) is 0 Å². The standard InChI is InChI=1S/C15H16FNO3/c1-9(18)17(12-3-4-12)15(14(19)20)7-6-10-8-11(16)2-5-13(10)15/h2,5,8,12H,3-4,6-7H2,1H3,(H,19,20). The second-order valence-corrected chi connectivity index (χ2v) is 5.59. The summed E-state index contributed by atoms with van der Waals surface area (Å²) in [7, 11) is 0. The summed E-state index contributed by atoms with van der Waals surface area (Å²) in [6.07, 6.45) is 2.48. The number of carboxylic acids is 1. The Bertz CT molecular complexity index is 597. The lowest BCUT2D eigenvalue weighted by molar-refractivity contribution is -0.160. The molecule has 0 spiro atoms. The van der Waals surface area contributed by atoms with Crippen LogP contribution in [0.15, 0.2) is 18.2 Å². The molecule has 0 radical (unpaired) electrons. The molecule has 1 aromatic carbocycles. The van der Waals surface area contributed by atoms with Crippen molar-refractivity contribution in [3.05, 3.63) is 35.1 Å². The van der Waals surface area contributed by atoms with E-state index in [2.05, 4.69) is 0 Å². The summed E-state index contributed by atoms with van der Waals surface area (Å²) in [5, 5.41) is 9.79. The van der Waals surface area contributed by atoms with Gasteiger partial charge < -0.3 is 10.0 Å². The second kappa shape index (κ2) is 4.30. The lowest BCUT2D eigenvalue weighted by Gasteiger charge is -2.38. The Labute approximate surface area is 116 Å². The number of hydrogen-bond donors (Lipinski definition) is 1. The van der Waals surface area contributed by atoms with E-state index in [0.717, 1.165) is 12.8 Å². The van der Waals surface area contributed by atoms with Gasteiger partial charge in [0.25, 0.3) is 0 Å². The van der Waals surface area contributed by atoms with Crippen LogP contribution in [-0.4, -0.2) is 27.9 Å². The minimum absolute atomic E-state index is 0.000368. The van der Waals surface area contributed by atoms with Crippen molar-refractivity contribution >= 4 is 11.9 Å².